The minimum Gasteiger partial charge on any atom is -0.449 e. The van der Waals surface area contributed by atoms with Crippen molar-refractivity contribution in [1.29, 1.82) is 0 Å². The molecule has 1 N–H and O–H groups in total. The molecule has 0 unspecified atom stereocenters. The predicted molar refractivity (Wildman–Crippen MR) is 71.2 cm³/mol. The average Bonchev–Trinajstić information content (AvgIpc) is 2.39. The number of hydrogen-bond acceptors (Lipinski definition) is 5. The molecule has 2 rings (SSSR count). The Balaban J connectivity index is 2.33. The number of likely N-dealkylation sites (tertiary alicyclic amines) is 1. The van der Waals surface area contributed by atoms with Gasteiger partial charge in [0.15, 0.2) is 0 Å². The van der Waals surface area contributed by atoms with E-state index in [0.29, 0.717) is 5.56 Å². The van der Waals surface area contributed by atoms with Crippen molar-refractivity contribution < 1.29 is 19.6 Å². The fourth-order valence-electron chi connectivity index (χ4n) is 2.48. The van der Waals surface area contributed by atoms with E-state index >= 15 is 0 Å². The van der Waals surface area contributed by atoms with Crippen molar-refractivity contribution >= 4 is 11.8 Å². The first kappa shape index (κ1) is 14.3. The van der Waals surface area contributed by atoms with Crippen LogP contribution < -0.4 is 4.74 Å². The summed E-state index contributed by atoms with van der Waals surface area (Å²) >= 11 is 0. The van der Waals surface area contributed by atoms with E-state index in [1.165, 1.54) is 18.2 Å². The smallest absolute Gasteiger partial charge is 0.449 e. The van der Waals surface area contributed by atoms with Gasteiger partial charge in [-0.15, -0.1) is 0 Å². The molecule has 108 valence electrons. The molecule has 0 aromatic heterocycles. The molecule has 1 aromatic rings. The number of piperidine rings is 1. The lowest BCUT2D eigenvalue weighted by Crippen LogP contribution is -2.29. The van der Waals surface area contributed by atoms with Crippen molar-refractivity contribution in [2.24, 2.45) is 0 Å². The number of rotatable bonds is 3. The van der Waals surface area contributed by atoms with Gasteiger partial charge in [0.25, 0.3) is 5.69 Å². The van der Waals surface area contributed by atoms with Crippen LogP contribution in [0.2, 0.25) is 0 Å². The standard InChI is InChI=1S/C13H16N2O5/c1-14-6-4-9(5-7-14)11-8-10(15(18)19)2-3-12(11)20-13(16)17/h2-3,8-9H,4-7H2,1H3,(H,16,17). The summed E-state index contributed by atoms with van der Waals surface area (Å²) in [5.74, 6) is 0.276. The molecule has 20 heavy (non-hydrogen) atoms. The van der Waals surface area contributed by atoms with Crippen LogP contribution in [-0.2, 0) is 0 Å². The number of non-ortho nitro benzene ring substituents is 1. The average molecular weight is 280 g/mol. The van der Waals surface area contributed by atoms with Crippen molar-refractivity contribution in [1.82, 2.24) is 4.90 Å². The molecule has 0 amide bonds. The van der Waals surface area contributed by atoms with E-state index < -0.39 is 11.1 Å². The Hall–Kier alpha value is -2.15. The molecular formula is C13H16N2O5. The fraction of sp³-hybridized carbons (Fsp3) is 0.462. The largest absolute Gasteiger partial charge is 0.511 e. The molecule has 1 aromatic carbocycles. The lowest BCUT2D eigenvalue weighted by Gasteiger charge is -2.29. The van der Waals surface area contributed by atoms with Crippen LogP contribution in [0.5, 0.6) is 5.75 Å². The van der Waals surface area contributed by atoms with Crippen molar-refractivity contribution in [2.45, 2.75) is 18.8 Å². The van der Waals surface area contributed by atoms with E-state index in [0.717, 1.165) is 25.9 Å². The van der Waals surface area contributed by atoms with Crippen LogP contribution in [0.15, 0.2) is 18.2 Å². The molecule has 0 atom stereocenters. The number of ether oxygens (including phenoxy) is 1. The minimum absolute atomic E-state index is 0.0448. The number of carboxylic acid groups (broad SMARTS) is 1. The number of nitrogens with zero attached hydrogens (tertiary/aromatic N) is 2. The fourth-order valence-corrected chi connectivity index (χ4v) is 2.48. The lowest BCUT2D eigenvalue weighted by molar-refractivity contribution is -0.385. The van der Waals surface area contributed by atoms with Gasteiger partial charge in [0.1, 0.15) is 5.75 Å². The molecule has 0 bridgehead atoms. The highest BCUT2D eigenvalue weighted by molar-refractivity contribution is 5.63. The third-order valence-corrected chi connectivity index (χ3v) is 3.56. The molecule has 0 aliphatic carbocycles. The second-order valence-electron chi connectivity index (χ2n) is 4.92. The molecule has 7 heteroatoms. The van der Waals surface area contributed by atoms with E-state index in [4.69, 9.17) is 9.84 Å². The van der Waals surface area contributed by atoms with Crippen LogP contribution in [0.3, 0.4) is 0 Å². The van der Waals surface area contributed by atoms with Gasteiger partial charge >= 0.3 is 6.16 Å². The van der Waals surface area contributed by atoms with Gasteiger partial charge in [0, 0.05) is 17.7 Å². The maximum Gasteiger partial charge on any atom is 0.511 e. The molecule has 0 saturated carbocycles. The van der Waals surface area contributed by atoms with Gasteiger partial charge in [-0.3, -0.25) is 10.1 Å². The number of carbonyl (C=O) groups is 1. The van der Waals surface area contributed by atoms with Crippen LogP contribution in [0, 0.1) is 10.1 Å². The Morgan fingerprint density at radius 3 is 2.65 bits per heavy atom. The van der Waals surface area contributed by atoms with E-state index in [2.05, 4.69) is 4.90 Å². The summed E-state index contributed by atoms with van der Waals surface area (Å²) in [6.07, 6.45) is 0.245. The summed E-state index contributed by atoms with van der Waals surface area (Å²) in [5, 5.41) is 19.6. The van der Waals surface area contributed by atoms with Gasteiger partial charge < -0.3 is 14.7 Å². The molecular weight excluding hydrogens is 264 g/mol. The SMILES string of the molecule is CN1CCC(c2cc([N+](=O)[O-])ccc2OC(=O)O)CC1. The van der Waals surface area contributed by atoms with Gasteiger partial charge in [-0.1, -0.05) is 0 Å². The van der Waals surface area contributed by atoms with Crippen molar-refractivity contribution in [3.05, 3.63) is 33.9 Å². The third kappa shape index (κ3) is 3.24. The lowest BCUT2D eigenvalue weighted by atomic mass is 9.88. The Bertz CT molecular complexity index is 523. The zero-order chi connectivity index (χ0) is 14.7. The third-order valence-electron chi connectivity index (χ3n) is 3.56. The van der Waals surface area contributed by atoms with Gasteiger partial charge in [-0.2, -0.15) is 0 Å². The number of nitro groups is 1. The molecule has 0 radical (unpaired) electrons. The Labute approximate surface area is 115 Å². The summed E-state index contributed by atoms with van der Waals surface area (Å²) in [6.45, 7) is 1.75. The van der Waals surface area contributed by atoms with Crippen molar-refractivity contribution in [2.75, 3.05) is 20.1 Å². The van der Waals surface area contributed by atoms with Crippen molar-refractivity contribution in [3.8, 4) is 5.75 Å². The zero-order valence-electron chi connectivity index (χ0n) is 11.1. The number of hydrogen-bond donors (Lipinski definition) is 1. The first-order valence-electron chi connectivity index (χ1n) is 6.35. The topological polar surface area (TPSA) is 92.9 Å². The molecule has 0 spiro atoms. The molecule has 1 aliphatic rings. The highest BCUT2D eigenvalue weighted by Crippen LogP contribution is 2.36. The molecule has 1 saturated heterocycles. The zero-order valence-corrected chi connectivity index (χ0v) is 11.1. The summed E-state index contributed by atoms with van der Waals surface area (Å²) in [4.78, 5) is 23.3. The van der Waals surface area contributed by atoms with Crippen LogP contribution in [0.25, 0.3) is 0 Å². The summed E-state index contributed by atoms with van der Waals surface area (Å²) in [7, 11) is 2.01. The van der Waals surface area contributed by atoms with E-state index in [-0.39, 0.29) is 17.4 Å². The maximum atomic E-state index is 10.9. The van der Waals surface area contributed by atoms with Crippen molar-refractivity contribution in [3.63, 3.8) is 0 Å². The number of nitro benzene ring substituents is 1. The van der Waals surface area contributed by atoms with Crippen LogP contribution in [0.1, 0.15) is 24.3 Å². The van der Waals surface area contributed by atoms with E-state index in [1.54, 1.807) is 0 Å². The minimum atomic E-state index is -1.41. The van der Waals surface area contributed by atoms with Crippen LogP contribution >= 0.6 is 0 Å². The molecule has 1 fully saturated rings. The van der Waals surface area contributed by atoms with E-state index in [9.17, 15) is 14.9 Å². The first-order valence-corrected chi connectivity index (χ1v) is 6.35. The highest BCUT2D eigenvalue weighted by Gasteiger charge is 2.24. The monoisotopic (exact) mass is 280 g/mol. The van der Waals surface area contributed by atoms with Crippen LogP contribution in [0.4, 0.5) is 10.5 Å². The second-order valence-corrected chi connectivity index (χ2v) is 4.92. The van der Waals surface area contributed by atoms with Gasteiger partial charge in [0.2, 0.25) is 0 Å². The Kier molecular flexibility index (Phi) is 4.19. The Morgan fingerprint density at radius 2 is 2.10 bits per heavy atom. The first-order chi connectivity index (χ1) is 9.47. The summed E-state index contributed by atoms with van der Waals surface area (Å²) in [5.41, 5.74) is 0.561. The normalized spacial score (nSPS) is 16.9. The molecule has 1 heterocycles. The Morgan fingerprint density at radius 1 is 1.45 bits per heavy atom. The number of benzene rings is 1. The summed E-state index contributed by atoms with van der Waals surface area (Å²) in [6, 6.07) is 4.05. The van der Waals surface area contributed by atoms with Gasteiger partial charge in [0.05, 0.1) is 4.92 Å². The molecule has 1 aliphatic heterocycles. The van der Waals surface area contributed by atoms with Crippen LogP contribution in [-0.4, -0.2) is 41.2 Å². The predicted octanol–water partition coefficient (Wildman–Crippen LogP) is 2.46. The van der Waals surface area contributed by atoms with Gasteiger partial charge in [-0.05, 0) is 45.0 Å². The quantitative estimate of drug-likeness (QED) is 0.395. The maximum absolute atomic E-state index is 10.9. The highest BCUT2D eigenvalue weighted by atomic mass is 16.7. The van der Waals surface area contributed by atoms with Gasteiger partial charge in [-0.25, -0.2) is 4.79 Å². The second kappa shape index (κ2) is 5.87. The summed E-state index contributed by atoms with van der Waals surface area (Å²) < 4.78 is 4.74. The molecule has 7 nitrogen and oxygen atoms in total. The van der Waals surface area contributed by atoms with E-state index in [1.807, 2.05) is 7.05 Å².